The number of ketones is 2. The van der Waals surface area contributed by atoms with Gasteiger partial charge in [0.25, 0.3) is 0 Å². The number of carbonyl (C=O) groups excluding carboxylic acids is 2. The van der Waals surface area contributed by atoms with Crippen LogP contribution in [0.25, 0.3) is 33.4 Å². The van der Waals surface area contributed by atoms with E-state index in [1.165, 1.54) is 12.4 Å². The van der Waals surface area contributed by atoms with Crippen LogP contribution in [0.3, 0.4) is 0 Å². The molecule has 0 radical (unpaired) electrons. The number of rotatable bonds is 7. The average molecular weight is 725 g/mol. The fraction of sp³-hybridized carbons (Fsp3) is 0.261. The van der Waals surface area contributed by atoms with Crippen LogP contribution in [0.15, 0.2) is 72.4 Å². The molecule has 8 heteroatoms. The van der Waals surface area contributed by atoms with Crippen LogP contribution >= 0.6 is 0 Å². The zero-order chi connectivity index (χ0) is 39.5. The molecule has 2 aliphatic rings. The number of anilines is 2. The number of hydrogen-bond acceptors (Lipinski definition) is 8. The maximum atomic E-state index is 14.0. The highest BCUT2D eigenvalue weighted by molar-refractivity contribution is 6.35. The lowest BCUT2D eigenvalue weighted by molar-refractivity contribution is -0.113. The van der Waals surface area contributed by atoms with Gasteiger partial charge >= 0.3 is 0 Å². The summed E-state index contributed by atoms with van der Waals surface area (Å²) in [5, 5.41) is 53.8. The van der Waals surface area contributed by atoms with Crippen molar-refractivity contribution in [2.45, 2.75) is 69.2 Å². The van der Waals surface area contributed by atoms with Crippen LogP contribution in [-0.2, 0) is 9.59 Å². The molecular weight excluding hydrogens is 677 g/mol. The Balaban J connectivity index is 1.63. The molecule has 0 aromatic heterocycles. The quantitative estimate of drug-likeness (QED) is 0.104. The molecule has 0 heterocycles. The summed E-state index contributed by atoms with van der Waals surface area (Å²) in [6, 6.07) is 15.4. The minimum Gasteiger partial charge on any atom is -0.507 e. The zero-order valence-corrected chi connectivity index (χ0v) is 32.5. The highest BCUT2D eigenvalue weighted by Gasteiger charge is 2.38. The fourth-order valence-corrected chi connectivity index (χ4v) is 7.88. The highest BCUT2D eigenvalue weighted by atomic mass is 16.3. The number of Topliss-reactive ketones (excluding diaryl/α,β-unsaturated/α-hetero) is 2. The minimum atomic E-state index is -0.643. The summed E-state index contributed by atoms with van der Waals surface area (Å²) in [5.74, 6) is -3.08. The fourth-order valence-electron chi connectivity index (χ4n) is 7.88. The Bertz CT molecular complexity index is 2250. The Hall–Kier alpha value is -6.02. The molecule has 0 saturated heterocycles. The molecular formula is C46H48N2O6. The van der Waals surface area contributed by atoms with E-state index in [0.29, 0.717) is 33.4 Å². The Kier molecular flexibility index (Phi) is 9.84. The first-order chi connectivity index (χ1) is 25.4. The summed E-state index contributed by atoms with van der Waals surface area (Å²) >= 11 is 0. The van der Waals surface area contributed by atoms with Gasteiger partial charge in [-0.15, -0.1) is 0 Å². The van der Waals surface area contributed by atoms with Crippen LogP contribution in [0, 0.1) is 53.4 Å². The maximum absolute atomic E-state index is 14.0. The van der Waals surface area contributed by atoms with E-state index >= 15 is 0 Å². The van der Waals surface area contributed by atoms with Crippen molar-refractivity contribution in [3.05, 3.63) is 128 Å². The molecule has 0 fully saturated rings. The third-order valence-corrected chi connectivity index (χ3v) is 10.5. The summed E-state index contributed by atoms with van der Waals surface area (Å²) in [4.78, 5) is 27.9. The second-order valence-corrected chi connectivity index (χ2v) is 15.2. The summed E-state index contributed by atoms with van der Waals surface area (Å²) < 4.78 is 0. The lowest BCUT2D eigenvalue weighted by atomic mass is 9.75. The standard InChI is InChI=1S/C46H48N2O6/c1-21(2)35-29-17-27(9)37(43(51)39(29)31(41(49)45(35)53)19-47-33-13-11-23(5)15-25(33)7)38-28(10)18-30-36(22(3)4)46(54)42(50)32(40(30)44(38)52)20-48-34-14-12-24(6)16-26(34)8/h11-22,47-48,51-54H,1-10H3. The van der Waals surface area contributed by atoms with Crippen LogP contribution in [0.2, 0.25) is 0 Å². The maximum Gasteiger partial charge on any atom is 0.229 e. The van der Waals surface area contributed by atoms with Gasteiger partial charge in [-0.1, -0.05) is 75.2 Å². The van der Waals surface area contributed by atoms with Crippen molar-refractivity contribution in [3.8, 4) is 22.6 Å². The average Bonchev–Trinajstić information content (AvgIpc) is 3.08. The van der Waals surface area contributed by atoms with Crippen LogP contribution < -0.4 is 10.6 Å². The van der Waals surface area contributed by atoms with E-state index in [1.54, 1.807) is 13.8 Å². The van der Waals surface area contributed by atoms with Crippen molar-refractivity contribution >= 4 is 45.2 Å². The van der Waals surface area contributed by atoms with Gasteiger partial charge in [-0.3, -0.25) is 9.59 Å². The zero-order valence-electron chi connectivity index (χ0n) is 32.5. The molecule has 54 heavy (non-hydrogen) atoms. The van der Waals surface area contributed by atoms with Crippen LogP contribution in [0.1, 0.15) is 83.3 Å². The van der Waals surface area contributed by atoms with Crippen molar-refractivity contribution in [2.75, 3.05) is 10.6 Å². The smallest absolute Gasteiger partial charge is 0.229 e. The van der Waals surface area contributed by atoms with Crippen molar-refractivity contribution in [1.29, 1.82) is 0 Å². The van der Waals surface area contributed by atoms with Crippen LogP contribution in [-0.4, -0.2) is 32.0 Å². The van der Waals surface area contributed by atoms with Gasteiger partial charge in [0.15, 0.2) is 11.5 Å². The third kappa shape index (κ3) is 6.25. The van der Waals surface area contributed by atoms with Gasteiger partial charge in [0.1, 0.15) is 11.5 Å². The van der Waals surface area contributed by atoms with Crippen molar-refractivity contribution in [1.82, 2.24) is 0 Å². The molecule has 0 spiro atoms. The van der Waals surface area contributed by atoms with Gasteiger partial charge in [-0.2, -0.15) is 0 Å². The van der Waals surface area contributed by atoms with Crippen LogP contribution in [0.5, 0.6) is 11.5 Å². The lowest BCUT2D eigenvalue weighted by Gasteiger charge is -2.29. The van der Waals surface area contributed by atoms with E-state index < -0.39 is 11.6 Å². The number of carbonyl (C=O) groups is 2. The molecule has 0 bridgehead atoms. The molecule has 4 aromatic carbocycles. The van der Waals surface area contributed by atoms with E-state index in [1.807, 2.05) is 104 Å². The monoisotopic (exact) mass is 724 g/mol. The normalized spacial score (nSPS) is 15.9. The Morgan fingerprint density at radius 3 is 1.17 bits per heavy atom. The van der Waals surface area contributed by atoms with Crippen molar-refractivity contribution < 1.29 is 30.0 Å². The second kappa shape index (κ2) is 14.1. The van der Waals surface area contributed by atoms with E-state index in [0.717, 1.165) is 33.6 Å². The number of aliphatic hydroxyl groups is 2. The molecule has 0 unspecified atom stereocenters. The third-order valence-electron chi connectivity index (χ3n) is 10.5. The Labute approximate surface area is 316 Å². The summed E-state index contributed by atoms with van der Waals surface area (Å²) in [5.41, 5.74) is 9.68. The Morgan fingerprint density at radius 1 is 0.500 bits per heavy atom. The molecule has 4 aromatic rings. The van der Waals surface area contributed by atoms with E-state index in [2.05, 4.69) is 10.6 Å². The number of fused-ring (bicyclic) bond motifs is 2. The van der Waals surface area contributed by atoms with Gasteiger partial charge in [0.05, 0.1) is 11.1 Å². The predicted molar refractivity (Wildman–Crippen MR) is 219 cm³/mol. The van der Waals surface area contributed by atoms with E-state index in [-0.39, 0.29) is 68.3 Å². The number of hydrogen-bond donors (Lipinski definition) is 6. The molecule has 0 aliphatic heterocycles. The number of nitrogens with one attached hydrogen (secondary N) is 2. The number of benzene rings is 4. The number of phenolic OH excluding ortho intramolecular Hbond substituents is 2. The summed E-state index contributed by atoms with van der Waals surface area (Å²) in [6.07, 6.45) is 3.01. The number of allylic oxidation sites excluding steroid dienone is 4. The minimum absolute atomic E-state index is 0.0594. The first-order valence-corrected chi connectivity index (χ1v) is 18.2. The largest absolute Gasteiger partial charge is 0.507 e. The molecule has 2 aliphatic carbocycles. The van der Waals surface area contributed by atoms with Crippen molar-refractivity contribution in [3.63, 3.8) is 0 Å². The molecule has 278 valence electrons. The number of aromatic hydroxyl groups is 2. The van der Waals surface area contributed by atoms with Gasteiger partial charge in [0, 0.05) is 57.2 Å². The van der Waals surface area contributed by atoms with E-state index in [4.69, 9.17) is 0 Å². The molecule has 8 nitrogen and oxygen atoms in total. The molecule has 6 rings (SSSR count). The van der Waals surface area contributed by atoms with Crippen LogP contribution in [0.4, 0.5) is 11.4 Å². The lowest BCUT2D eigenvalue weighted by Crippen LogP contribution is -2.20. The number of aliphatic hydroxyl groups excluding tert-OH is 2. The first kappa shape index (κ1) is 37.7. The topological polar surface area (TPSA) is 139 Å². The predicted octanol–water partition coefficient (Wildman–Crippen LogP) is 10.5. The molecule has 6 N–H and O–H groups in total. The number of aryl methyl sites for hydroxylation is 6. The molecule has 0 atom stereocenters. The highest BCUT2D eigenvalue weighted by Crippen LogP contribution is 2.53. The molecule has 0 amide bonds. The number of phenols is 2. The van der Waals surface area contributed by atoms with E-state index in [9.17, 15) is 30.0 Å². The second-order valence-electron chi connectivity index (χ2n) is 15.2. The summed E-state index contributed by atoms with van der Waals surface area (Å²) in [6.45, 7) is 19.0. The van der Waals surface area contributed by atoms with Gasteiger partial charge in [0.2, 0.25) is 11.6 Å². The van der Waals surface area contributed by atoms with Gasteiger partial charge < -0.3 is 31.1 Å². The summed E-state index contributed by atoms with van der Waals surface area (Å²) in [7, 11) is 0. The van der Waals surface area contributed by atoms with Crippen molar-refractivity contribution in [2.24, 2.45) is 11.8 Å². The first-order valence-electron chi connectivity index (χ1n) is 18.2. The Morgan fingerprint density at radius 2 is 0.852 bits per heavy atom. The SMILES string of the molecule is Cc1ccc(NC=C2C(=O)C(O)=C(C(C)C)c3cc(C)c(-c4c(C)cc5c(c4O)C(=CNc4ccc(C)cc4C)C(=O)C(O)=C5C(C)C)c(O)c32)c(C)c1. The van der Waals surface area contributed by atoms with Gasteiger partial charge in [-0.05, 0) is 98.9 Å². The van der Waals surface area contributed by atoms with Gasteiger partial charge in [-0.25, -0.2) is 0 Å². The molecule has 0 saturated carbocycles.